The molecule has 2 saturated carbocycles. The van der Waals surface area contributed by atoms with Crippen LogP contribution in [0.15, 0.2) is 24.3 Å². The molecule has 1 nitrogen and oxygen atoms in total. The molecule has 1 heteroatoms. The van der Waals surface area contributed by atoms with Crippen molar-refractivity contribution >= 4 is 0 Å². The van der Waals surface area contributed by atoms with E-state index in [4.69, 9.17) is 0 Å². The molecule has 0 spiro atoms. The average Bonchev–Trinajstić information content (AvgIpc) is 2.47. The van der Waals surface area contributed by atoms with Crippen LogP contribution >= 0.6 is 0 Å². The first-order valence-electron chi connectivity index (χ1n) is 8.55. The summed E-state index contributed by atoms with van der Waals surface area (Å²) in [6.07, 6.45) is 10.2. The van der Waals surface area contributed by atoms with Crippen LogP contribution in [0.1, 0.15) is 69.0 Å². The summed E-state index contributed by atoms with van der Waals surface area (Å²) in [5.41, 5.74) is 2.89. The predicted octanol–water partition coefficient (Wildman–Crippen LogP) is 5.00. The maximum absolute atomic E-state index is 3.91. The molecule has 4 atom stereocenters. The van der Waals surface area contributed by atoms with E-state index in [0.717, 1.165) is 17.9 Å². The van der Waals surface area contributed by atoms with Crippen LogP contribution in [0.25, 0.3) is 0 Å². The summed E-state index contributed by atoms with van der Waals surface area (Å²) < 4.78 is 0. The number of hydrogen-bond acceptors (Lipinski definition) is 1. The molecular formula is C19H29N. The van der Waals surface area contributed by atoms with E-state index in [9.17, 15) is 0 Å². The molecule has 1 aromatic rings. The molecule has 2 aliphatic carbocycles. The van der Waals surface area contributed by atoms with E-state index in [-0.39, 0.29) is 0 Å². The molecule has 4 unspecified atom stereocenters. The molecule has 0 radical (unpaired) electrons. The van der Waals surface area contributed by atoms with E-state index in [1.807, 2.05) is 0 Å². The van der Waals surface area contributed by atoms with Gasteiger partial charge in [-0.3, -0.25) is 0 Å². The lowest BCUT2D eigenvalue weighted by Gasteiger charge is -2.40. The Balaban J connectivity index is 1.59. The molecule has 1 aromatic carbocycles. The van der Waals surface area contributed by atoms with Gasteiger partial charge in [-0.15, -0.1) is 0 Å². The maximum Gasteiger partial charge on any atom is 0.0296 e. The Hall–Kier alpha value is -0.820. The van der Waals surface area contributed by atoms with Crippen molar-refractivity contribution in [3.63, 3.8) is 0 Å². The third-order valence-electron chi connectivity index (χ3n) is 5.68. The highest BCUT2D eigenvalue weighted by molar-refractivity contribution is 5.28. The van der Waals surface area contributed by atoms with Crippen molar-refractivity contribution in [3.8, 4) is 0 Å². The van der Waals surface area contributed by atoms with Crippen LogP contribution in [0.4, 0.5) is 0 Å². The third-order valence-corrected chi connectivity index (χ3v) is 5.68. The van der Waals surface area contributed by atoms with Gasteiger partial charge in [-0.2, -0.15) is 0 Å². The molecule has 2 fully saturated rings. The average molecular weight is 271 g/mol. The summed E-state index contributed by atoms with van der Waals surface area (Å²) in [6.45, 7) is 4.56. The van der Waals surface area contributed by atoms with Gasteiger partial charge >= 0.3 is 0 Å². The lowest BCUT2D eigenvalue weighted by atomic mass is 9.69. The van der Waals surface area contributed by atoms with Crippen molar-refractivity contribution < 1.29 is 0 Å². The van der Waals surface area contributed by atoms with Gasteiger partial charge in [-0.05, 0) is 56.1 Å². The Kier molecular flexibility index (Phi) is 4.45. The van der Waals surface area contributed by atoms with Gasteiger partial charge in [0.2, 0.25) is 0 Å². The number of aryl methyl sites for hydroxylation is 1. The Morgan fingerprint density at radius 2 is 1.75 bits per heavy atom. The lowest BCUT2D eigenvalue weighted by Crippen LogP contribution is -2.40. The fourth-order valence-electron chi connectivity index (χ4n) is 4.54. The smallest absolute Gasteiger partial charge is 0.0296 e. The fraction of sp³-hybridized carbons (Fsp3) is 0.684. The highest BCUT2D eigenvalue weighted by atomic mass is 14.9. The standard InChI is InChI=1S/C19H29N/c1-14-7-3-6-10-19(14)15(2)20-18-12-11-16-8-4-5-9-17(16)13-18/h3,6-7,10,15-18,20H,4-5,8-9,11-13H2,1-2H3. The highest BCUT2D eigenvalue weighted by Gasteiger charge is 2.32. The van der Waals surface area contributed by atoms with E-state index in [2.05, 4.69) is 43.4 Å². The summed E-state index contributed by atoms with van der Waals surface area (Å²) in [6, 6.07) is 10.0. The molecule has 110 valence electrons. The highest BCUT2D eigenvalue weighted by Crippen LogP contribution is 2.40. The molecule has 0 bridgehead atoms. The minimum absolute atomic E-state index is 0.487. The van der Waals surface area contributed by atoms with Gasteiger partial charge < -0.3 is 5.32 Å². The zero-order chi connectivity index (χ0) is 13.9. The largest absolute Gasteiger partial charge is 0.307 e. The van der Waals surface area contributed by atoms with E-state index in [1.54, 1.807) is 0 Å². The summed E-state index contributed by atoms with van der Waals surface area (Å²) in [4.78, 5) is 0. The maximum atomic E-state index is 3.91. The van der Waals surface area contributed by atoms with Crippen molar-refractivity contribution in [1.29, 1.82) is 0 Å². The van der Waals surface area contributed by atoms with Gasteiger partial charge in [0.05, 0.1) is 0 Å². The first-order valence-corrected chi connectivity index (χ1v) is 8.55. The summed E-state index contributed by atoms with van der Waals surface area (Å²) in [5.74, 6) is 2.06. The molecular weight excluding hydrogens is 242 g/mol. The van der Waals surface area contributed by atoms with Gasteiger partial charge in [-0.25, -0.2) is 0 Å². The molecule has 20 heavy (non-hydrogen) atoms. The van der Waals surface area contributed by atoms with E-state index in [0.29, 0.717) is 6.04 Å². The van der Waals surface area contributed by atoms with Crippen molar-refractivity contribution in [2.45, 2.75) is 70.9 Å². The summed E-state index contributed by atoms with van der Waals surface area (Å²) in [5, 5.41) is 3.91. The molecule has 0 aliphatic heterocycles. The third kappa shape index (κ3) is 3.09. The first-order chi connectivity index (χ1) is 9.74. The van der Waals surface area contributed by atoms with Crippen LogP contribution in [-0.2, 0) is 0 Å². The Bertz CT molecular complexity index is 439. The van der Waals surface area contributed by atoms with Crippen LogP contribution in [0.5, 0.6) is 0 Å². The predicted molar refractivity (Wildman–Crippen MR) is 85.8 cm³/mol. The van der Waals surface area contributed by atoms with E-state index >= 15 is 0 Å². The van der Waals surface area contributed by atoms with Gasteiger partial charge in [-0.1, -0.05) is 49.9 Å². The monoisotopic (exact) mass is 271 g/mol. The Morgan fingerprint density at radius 3 is 2.55 bits per heavy atom. The number of nitrogens with one attached hydrogen (secondary N) is 1. The molecule has 0 heterocycles. The second kappa shape index (κ2) is 6.30. The summed E-state index contributed by atoms with van der Waals surface area (Å²) in [7, 11) is 0. The second-order valence-electron chi connectivity index (χ2n) is 7.06. The molecule has 3 rings (SSSR count). The van der Waals surface area contributed by atoms with Gasteiger partial charge in [0.25, 0.3) is 0 Å². The van der Waals surface area contributed by atoms with Crippen LogP contribution in [0.3, 0.4) is 0 Å². The fourth-order valence-corrected chi connectivity index (χ4v) is 4.54. The molecule has 0 aromatic heterocycles. The van der Waals surface area contributed by atoms with Crippen molar-refractivity contribution in [2.75, 3.05) is 0 Å². The van der Waals surface area contributed by atoms with Crippen LogP contribution in [0, 0.1) is 18.8 Å². The SMILES string of the molecule is Cc1ccccc1C(C)NC1CCC2CCCCC2C1. The van der Waals surface area contributed by atoms with E-state index in [1.165, 1.54) is 56.1 Å². The van der Waals surface area contributed by atoms with Gasteiger partial charge in [0, 0.05) is 12.1 Å². The number of fused-ring (bicyclic) bond motifs is 1. The topological polar surface area (TPSA) is 12.0 Å². The van der Waals surface area contributed by atoms with Gasteiger partial charge in [0.15, 0.2) is 0 Å². The Morgan fingerprint density at radius 1 is 1.00 bits per heavy atom. The lowest BCUT2D eigenvalue weighted by molar-refractivity contribution is 0.139. The van der Waals surface area contributed by atoms with E-state index < -0.39 is 0 Å². The zero-order valence-corrected chi connectivity index (χ0v) is 13.1. The number of hydrogen-bond donors (Lipinski definition) is 1. The Labute approximate surface area is 124 Å². The molecule has 0 amide bonds. The van der Waals surface area contributed by atoms with Crippen molar-refractivity contribution in [1.82, 2.24) is 5.32 Å². The minimum atomic E-state index is 0.487. The van der Waals surface area contributed by atoms with Crippen molar-refractivity contribution in [3.05, 3.63) is 35.4 Å². The zero-order valence-electron chi connectivity index (χ0n) is 13.1. The molecule has 1 N–H and O–H groups in total. The number of rotatable bonds is 3. The molecule has 0 saturated heterocycles. The van der Waals surface area contributed by atoms with Crippen LogP contribution in [0.2, 0.25) is 0 Å². The van der Waals surface area contributed by atoms with Crippen molar-refractivity contribution in [2.24, 2.45) is 11.8 Å². The number of benzene rings is 1. The minimum Gasteiger partial charge on any atom is -0.307 e. The summed E-state index contributed by atoms with van der Waals surface area (Å²) >= 11 is 0. The first kappa shape index (κ1) is 14.1. The van der Waals surface area contributed by atoms with Gasteiger partial charge in [0.1, 0.15) is 0 Å². The molecule has 2 aliphatic rings. The van der Waals surface area contributed by atoms with Crippen LogP contribution in [-0.4, -0.2) is 6.04 Å². The normalized spacial score (nSPS) is 31.6. The quantitative estimate of drug-likeness (QED) is 0.815. The second-order valence-corrected chi connectivity index (χ2v) is 7.06. The van der Waals surface area contributed by atoms with Crippen LogP contribution < -0.4 is 5.32 Å².